The van der Waals surface area contributed by atoms with Crippen LogP contribution < -0.4 is 10.5 Å². The van der Waals surface area contributed by atoms with Crippen LogP contribution in [-0.4, -0.2) is 19.7 Å². The van der Waals surface area contributed by atoms with Crippen molar-refractivity contribution in [2.45, 2.75) is 32.9 Å². The molecule has 6 nitrogen and oxygen atoms in total. The Bertz CT molecular complexity index is 1410. The summed E-state index contributed by atoms with van der Waals surface area (Å²) in [6.07, 6.45) is 1.46. The molecule has 0 aliphatic heterocycles. The Kier molecular flexibility index (Phi) is 4.98. The summed E-state index contributed by atoms with van der Waals surface area (Å²) in [5, 5.41) is 7.82. The van der Waals surface area contributed by atoms with E-state index in [1.54, 1.807) is 0 Å². The standard InChI is InChI=1S/C26H25N5O/c1-16(2)31-26-23(25(27)28-15-29-26)24(30-31)21-10-9-20-14-22(12-11-19(20)13-21)32-17(3)18-7-5-4-6-8-18/h4-17H,1-3H3,(H2,27,28,29). The molecular weight excluding hydrogens is 398 g/mol. The van der Waals surface area contributed by atoms with E-state index in [1.165, 1.54) is 6.33 Å². The van der Waals surface area contributed by atoms with Crippen LogP contribution in [0.3, 0.4) is 0 Å². The zero-order valence-electron chi connectivity index (χ0n) is 18.4. The Labute approximate surface area is 186 Å². The summed E-state index contributed by atoms with van der Waals surface area (Å²) >= 11 is 0. The molecule has 0 amide bonds. The molecule has 6 heteroatoms. The molecule has 0 aliphatic carbocycles. The Morgan fingerprint density at radius 2 is 1.62 bits per heavy atom. The summed E-state index contributed by atoms with van der Waals surface area (Å²) in [6.45, 7) is 6.21. The SMILES string of the molecule is CC(Oc1ccc2cc(-c3nn(C(C)C)c4ncnc(N)c34)ccc2c1)c1ccccc1. The Morgan fingerprint density at radius 1 is 0.875 bits per heavy atom. The number of aromatic nitrogens is 4. The molecule has 0 saturated heterocycles. The molecule has 3 aromatic carbocycles. The predicted molar refractivity (Wildman–Crippen MR) is 129 cm³/mol. The van der Waals surface area contributed by atoms with Crippen molar-refractivity contribution in [2.75, 3.05) is 5.73 Å². The number of anilines is 1. The quantitative estimate of drug-likeness (QED) is 0.378. The lowest BCUT2D eigenvalue weighted by Crippen LogP contribution is -2.04. The minimum atomic E-state index is -0.0257. The van der Waals surface area contributed by atoms with Gasteiger partial charge < -0.3 is 10.5 Å². The minimum absolute atomic E-state index is 0.0257. The van der Waals surface area contributed by atoms with Gasteiger partial charge in [-0.05, 0) is 55.3 Å². The predicted octanol–water partition coefficient (Wildman–Crippen LogP) is 5.95. The fourth-order valence-corrected chi connectivity index (χ4v) is 4.00. The summed E-state index contributed by atoms with van der Waals surface area (Å²) < 4.78 is 8.08. The molecule has 1 atom stereocenters. The number of nitrogens with two attached hydrogens (primary N) is 1. The van der Waals surface area contributed by atoms with Crippen LogP contribution in [0.25, 0.3) is 33.1 Å². The smallest absolute Gasteiger partial charge is 0.164 e. The summed E-state index contributed by atoms with van der Waals surface area (Å²) in [6, 6.07) is 22.8. The lowest BCUT2D eigenvalue weighted by molar-refractivity contribution is 0.227. The summed E-state index contributed by atoms with van der Waals surface area (Å²) in [5.74, 6) is 1.28. The second-order valence-corrected chi connectivity index (χ2v) is 8.24. The van der Waals surface area contributed by atoms with Crippen molar-refractivity contribution in [2.24, 2.45) is 0 Å². The third-order valence-corrected chi connectivity index (χ3v) is 5.67. The monoisotopic (exact) mass is 423 g/mol. The second-order valence-electron chi connectivity index (χ2n) is 8.24. The number of ether oxygens (including phenoxy) is 1. The molecule has 0 fully saturated rings. The maximum Gasteiger partial charge on any atom is 0.164 e. The van der Waals surface area contributed by atoms with E-state index >= 15 is 0 Å². The van der Waals surface area contributed by atoms with E-state index in [0.29, 0.717) is 5.82 Å². The fourth-order valence-electron chi connectivity index (χ4n) is 4.00. The van der Waals surface area contributed by atoms with Crippen molar-refractivity contribution in [3.05, 3.63) is 78.6 Å². The number of hydrogen-bond donors (Lipinski definition) is 1. The first kappa shape index (κ1) is 20.0. The van der Waals surface area contributed by atoms with Crippen molar-refractivity contribution < 1.29 is 4.74 Å². The van der Waals surface area contributed by atoms with Crippen LogP contribution in [-0.2, 0) is 0 Å². The van der Waals surface area contributed by atoms with Crippen molar-refractivity contribution in [1.29, 1.82) is 0 Å². The van der Waals surface area contributed by atoms with E-state index < -0.39 is 0 Å². The van der Waals surface area contributed by atoms with Gasteiger partial charge in [0.1, 0.15) is 29.7 Å². The molecule has 2 aromatic heterocycles. The molecule has 32 heavy (non-hydrogen) atoms. The van der Waals surface area contributed by atoms with Gasteiger partial charge >= 0.3 is 0 Å². The maximum absolute atomic E-state index is 6.21. The van der Waals surface area contributed by atoms with Gasteiger partial charge in [-0.1, -0.05) is 48.5 Å². The van der Waals surface area contributed by atoms with Crippen LogP contribution in [0.2, 0.25) is 0 Å². The summed E-state index contributed by atoms with van der Waals surface area (Å²) in [5.41, 5.74) is 9.89. The highest BCUT2D eigenvalue weighted by Crippen LogP contribution is 2.34. The third kappa shape index (κ3) is 3.54. The second kappa shape index (κ2) is 7.96. The van der Waals surface area contributed by atoms with E-state index in [2.05, 4.69) is 73.2 Å². The molecule has 0 radical (unpaired) electrons. The zero-order valence-corrected chi connectivity index (χ0v) is 18.4. The average molecular weight is 424 g/mol. The first-order valence-corrected chi connectivity index (χ1v) is 10.8. The highest BCUT2D eigenvalue weighted by molar-refractivity contribution is 6.00. The largest absolute Gasteiger partial charge is 0.486 e. The molecule has 2 heterocycles. The molecule has 0 bridgehead atoms. The molecule has 5 rings (SSSR count). The van der Waals surface area contributed by atoms with E-state index in [4.69, 9.17) is 15.6 Å². The Morgan fingerprint density at radius 3 is 2.41 bits per heavy atom. The number of benzene rings is 3. The van der Waals surface area contributed by atoms with Crippen LogP contribution in [0.15, 0.2) is 73.1 Å². The normalized spacial score (nSPS) is 12.5. The molecule has 5 aromatic rings. The first-order valence-electron chi connectivity index (χ1n) is 10.8. The Balaban J connectivity index is 1.52. The van der Waals surface area contributed by atoms with Gasteiger partial charge in [0.15, 0.2) is 5.65 Å². The maximum atomic E-state index is 6.21. The molecule has 1 unspecified atom stereocenters. The molecule has 0 spiro atoms. The van der Waals surface area contributed by atoms with Gasteiger partial charge in [-0.15, -0.1) is 0 Å². The van der Waals surface area contributed by atoms with Crippen molar-refractivity contribution in [3.8, 4) is 17.0 Å². The molecule has 160 valence electrons. The van der Waals surface area contributed by atoms with Crippen LogP contribution in [0.4, 0.5) is 5.82 Å². The van der Waals surface area contributed by atoms with Gasteiger partial charge in [-0.2, -0.15) is 5.10 Å². The number of fused-ring (bicyclic) bond motifs is 2. The lowest BCUT2D eigenvalue weighted by Gasteiger charge is -2.15. The number of rotatable bonds is 5. The number of hydrogen-bond acceptors (Lipinski definition) is 5. The number of nitrogen functional groups attached to an aromatic ring is 1. The van der Waals surface area contributed by atoms with E-state index in [9.17, 15) is 0 Å². The van der Waals surface area contributed by atoms with Gasteiger partial charge in [0.25, 0.3) is 0 Å². The molecular formula is C26H25N5O. The van der Waals surface area contributed by atoms with E-state index in [-0.39, 0.29) is 12.1 Å². The minimum Gasteiger partial charge on any atom is -0.486 e. The van der Waals surface area contributed by atoms with E-state index in [0.717, 1.165) is 44.4 Å². The summed E-state index contributed by atoms with van der Waals surface area (Å²) in [4.78, 5) is 8.62. The fraction of sp³-hybridized carbons (Fsp3) is 0.192. The van der Waals surface area contributed by atoms with Gasteiger partial charge in [-0.3, -0.25) is 0 Å². The highest BCUT2D eigenvalue weighted by atomic mass is 16.5. The van der Waals surface area contributed by atoms with Crippen LogP contribution in [0.5, 0.6) is 5.75 Å². The molecule has 0 aliphatic rings. The molecule has 2 N–H and O–H groups in total. The van der Waals surface area contributed by atoms with Crippen molar-refractivity contribution in [3.63, 3.8) is 0 Å². The first-order chi connectivity index (χ1) is 15.5. The number of nitrogens with zero attached hydrogens (tertiary/aromatic N) is 4. The van der Waals surface area contributed by atoms with Gasteiger partial charge in [0.05, 0.1) is 5.39 Å². The van der Waals surface area contributed by atoms with Crippen LogP contribution in [0, 0.1) is 0 Å². The Hall–Kier alpha value is -3.93. The van der Waals surface area contributed by atoms with Crippen LogP contribution >= 0.6 is 0 Å². The third-order valence-electron chi connectivity index (χ3n) is 5.67. The van der Waals surface area contributed by atoms with E-state index in [1.807, 2.05) is 28.9 Å². The highest BCUT2D eigenvalue weighted by Gasteiger charge is 2.18. The average Bonchev–Trinajstić information content (AvgIpc) is 3.21. The topological polar surface area (TPSA) is 78.8 Å². The van der Waals surface area contributed by atoms with Gasteiger partial charge in [-0.25, -0.2) is 14.6 Å². The van der Waals surface area contributed by atoms with Crippen LogP contribution in [0.1, 0.15) is 38.5 Å². The summed E-state index contributed by atoms with van der Waals surface area (Å²) in [7, 11) is 0. The zero-order chi connectivity index (χ0) is 22.2. The van der Waals surface area contributed by atoms with Crippen molar-refractivity contribution in [1.82, 2.24) is 19.7 Å². The lowest BCUT2D eigenvalue weighted by atomic mass is 10.0. The molecule has 0 saturated carbocycles. The van der Waals surface area contributed by atoms with Gasteiger partial charge in [0, 0.05) is 11.6 Å². The van der Waals surface area contributed by atoms with Gasteiger partial charge in [0.2, 0.25) is 0 Å². The van der Waals surface area contributed by atoms with Crippen molar-refractivity contribution >= 4 is 27.6 Å².